The lowest BCUT2D eigenvalue weighted by atomic mass is 9.63. The molecule has 0 bridgehead atoms. The molecule has 0 heteroatoms. The molecule has 0 heterocycles. The molecular weight excluding hydrogens is 240 g/mol. The third kappa shape index (κ3) is 3.60. The van der Waals surface area contributed by atoms with Gasteiger partial charge in [-0.1, -0.05) is 60.8 Å². The zero-order valence-electron chi connectivity index (χ0n) is 14.9. The molecule has 0 amide bonds. The summed E-state index contributed by atoms with van der Waals surface area (Å²) in [6.45, 7) is 14.7. The maximum Gasteiger partial charge on any atom is -0.0326 e. The SMILES string of the molecule is CC(CCC(C)(C)C(C)C(C)C)CC1CC2CCCC21. The minimum Gasteiger partial charge on any atom is -0.0625 e. The average Bonchev–Trinajstić information content (AvgIpc) is 2.74. The van der Waals surface area contributed by atoms with Crippen molar-refractivity contribution in [2.24, 2.45) is 40.9 Å². The predicted octanol–water partition coefficient (Wildman–Crippen LogP) is 6.55. The highest BCUT2D eigenvalue weighted by atomic mass is 14.5. The maximum atomic E-state index is 2.51. The van der Waals surface area contributed by atoms with Crippen molar-refractivity contribution in [3.63, 3.8) is 0 Å². The fourth-order valence-electron chi connectivity index (χ4n) is 5.00. The van der Waals surface area contributed by atoms with Gasteiger partial charge < -0.3 is 0 Å². The van der Waals surface area contributed by atoms with Crippen LogP contribution in [0.15, 0.2) is 0 Å². The van der Waals surface area contributed by atoms with Crippen molar-refractivity contribution in [3.05, 3.63) is 0 Å². The molecular formula is C20H38. The second kappa shape index (κ2) is 6.41. The number of rotatable bonds is 7. The summed E-state index contributed by atoms with van der Waals surface area (Å²) in [5.41, 5.74) is 0.512. The minimum atomic E-state index is 0.512. The molecule has 2 aliphatic carbocycles. The van der Waals surface area contributed by atoms with Gasteiger partial charge in [-0.3, -0.25) is 0 Å². The Morgan fingerprint density at radius 3 is 2.35 bits per heavy atom. The van der Waals surface area contributed by atoms with E-state index in [4.69, 9.17) is 0 Å². The van der Waals surface area contributed by atoms with Gasteiger partial charge in [0.1, 0.15) is 0 Å². The van der Waals surface area contributed by atoms with E-state index in [0.717, 1.165) is 35.5 Å². The summed E-state index contributed by atoms with van der Waals surface area (Å²) in [5, 5.41) is 0. The van der Waals surface area contributed by atoms with Crippen LogP contribution in [0.4, 0.5) is 0 Å². The van der Waals surface area contributed by atoms with E-state index in [0.29, 0.717) is 5.41 Å². The topological polar surface area (TPSA) is 0 Å². The molecule has 2 fully saturated rings. The van der Waals surface area contributed by atoms with E-state index in [-0.39, 0.29) is 0 Å². The second-order valence-electron chi connectivity index (χ2n) is 9.25. The predicted molar refractivity (Wildman–Crippen MR) is 89.7 cm³/mol. The zero-order valence-corrected chi connectivity index (χ0v) is 14.9. The molecule has 0 spiro atoms. The van der Waals surface area contributed by atoms with Crippen LogP contribution in [0.1, 0.15) is 86.5 Å². The van der Waals surface area contributed by atoms with Crippen molar-refractivity contribution in [1.29, 1.82) is 0 Å². The lowest BCUT2D eigenvalue weighted by Crippen LogP contribution is -2.34. The lowest BCUT2D eigenvalue weighted by molar-refractivity contribution is 0.0738. The summed E-state index contributed by atoms with van der Waals surface area (Å²) in [6.07, 6.45) is 10.6. The van der Waals surface area contributed by atoms with E-state index in [9.17, 15) is 0 Å². The van der Waals surface area contributed by atoms with E-state index >= 15 is 0 Å². The molecule has 5 unspecified atom stereocenters. The molecule has 0 radical (unpaired) electrons. The fourth-order valence-corrected chi connectivity index (χ4v) is 5.00. The fraction of sp³-hybridized carbons (Fsp3) is 1.00. The van der Waals surface area contributed by atoms with E-state index < -0.39 is 0 Å². The lowest BCUT2D eigenvalue weighted by Gasteiger charge is -2.42. The van der Waals surface area contributed by atoms with Crippen molar-refractivity contribution in [1.82, 2.24) is 0 Å². The van der Waals surface area contributed by atoms with Crippen molar-refractivity contribution in [2.75, 3.05) is 0 Å². The average molecular weight is 279 g/mol. The van der Waals surface area contributed by atoms with Crippen LogP contribution in [-0.4, -0.2) is 0 Å². The Kier molecular flexibility index (Phi) is 5.24. The van der Waals surface area contributed by atoms with Crippen molar-refractivity contribution < 1.29 is 0 Å². The monoisotopic (exact) mass is 278 g/mol. The van der Waals surface area contributed by atoms with Crippen LogP contribution in [0.5, 0.6) is 0 Å². The molecule has 5 atom stereocenters. The molecule has 0 N–H and O–H groups in total. The van der Waals surface area contributed by atoms with Gasteiger partial charge in [0.05, 0.1) is 0 Å². The van der Waals surface area contributed by atoms with Gasteiger partial charge in [-0.2, -0.15) is 0 Å². The molecule has 0 aromatic heterocycles. The summed E-state index contributed by atoms with van der Waals surface area (Å²) in [7, 11) is 0. The van der Waals surface area contributed by atoms with Gasteiger partial charge in [0, 0.05) is 0 Å². The van der Waals surface area contributed by atoms with Crippen LogP contribution in [0.25, 0.3) is 0 Å². The zero-order chi connectivity index (χ0) is 14.9. The summed E-state index contributed by atoms with van der Waals surface area (Å²) in [4.78, 5) is 0. The van der Waals surface area contributed by atoms with Crippen LogP contribution < -0.4 is 0 Å². The second-order valence-corrected chi connectivity index (χ2v) is 9.25. The molecule has 0 aliphatic heterocycles. The van der Waals surface area contributed by atoms with Crippen LogP contribution in [-0.2, 0) is 0 Å². The molecule has 0 aromatic carbocycles. The van der Waals surface area contributed by atoms with E-state index in [2.05, 4.69) is 41.5 Å². The molecule has 0 nitrogen and oxygen atoms in total. The first kappa shape index (κ1) is 16.4. The molecule has 20 heavy (non-hydrogen) atoms. The highest BCUT2D eigenvalue weighted by molar-refractivity contribution is 4.93. The highest BCUT2D eigenvalue weighted by Crippen LogP contribution is 2.53. The summed E-state index contributed by atoms with van der Waals surface area (Å²) < 4.78 is 0. The van der Waals surface area contributed by atoms with E-state index in [1.165, 1.54) is 25.7 Å². The first-order valence-corrected chi connectivity index (χ1v) is 9.31. The Bertz CT molecular complexity index is 301. The van der Waals surface area contributed by atoms with Gasteiger partial charge in [0.15, 0.2) is 0 Å². The molecule has 2 rings (SSSR count). The van der Waals surface area contributed by atoms with Crippen LogP contribution in [0.3, 0.4) is 0 Å². The third-order valence-electron chi connectivity index (χ3n) is 7.15. The Balaban J connectivity index is 1.71. The highest BCUT2D eigenvalue weighted by Gasteiger charge is 2.43. The van der Waals surface area contributed by atoms with Crippen LogP contribution in [0, 0.1) is 40.9 Å². The number of fused-ring (bicyclic) bond motifs is 1. The smallest absolute Gasteiger partial charge is 0.0326 e. The quantitative estimate of drug-likeness (QED) is 0.495. The first-order chi connectivity index (χ1) is 9.31. The molecule has 118 valence electrons. The van der Waals surface area contributed by atoms with Gasteiger partial charge in [0.2, 0.25) is 0 Å². The van der Waals surface area contributed by atoms with Crippen LogP contribution >= 0.6 is 0 Å². The van der Waals surface area contributed by atoms with Gasteiger partial charge in [0.25, 0.3) is 0 Å². The number of hydrogen-bond acceptors (Lipinski definition) is 0. The summed E-state index contributed by atoms with van der Waals surface area (Å²) >= 11 is 0. The van der Waals surface area contributed by atoms with Crippen molar-refractivity contribution >= 4 is 0 Å². The Morgan fingerprint density at radius 2 is 1.75 bits per heavy atom. The van der Waals surface area contributed by atoms with Crippen LogP contribution in [0.2, 0.25) is 0 Å². The minimum absolute atomic E-state index is 0.512. The molecule has 0 aromatic rings. The van der Waals surface area contributed by atoms with Gasteiger partial charge >= 0.3 is 0 Å². The van der Waals surface area contributed by atoms with Gasteiger partial charge in [-0.25, -0.2) is 0 Å². The normalized spacial score (nSPS) is 32.9. The largest absolute Gasteiger partial charge is 0.0625 e. The van der Waals surface area contributed by atoms with Gasteiger partial charge in [-0.15, -0.1) is 0 Å². The molecule has 0 saturated heterocycles. The number of hydrogen-bond donors (Lipinski definition) is 0. The summed E-state index contributed by atoms with van der Waals surface area (Å²) in [6, 6.07) is 0. The standard InChI is InChI=1S/C20H38/c1-14(2)16(4)20(5,6)11-10-15(3)12-18-13-17-8-7-9-19(17)18/h14-19H,7-13H2,1-6H3. The Morgan fingerprint density at radius 1 is 1.05 bits per heavy atom. The first-order valence-electron chi connectivity index (χ1n) is 9.31. The third-order valence-corrected chi connectivity index (χ3v) is 7.15. The maximum absolute atomic E-state index is 2.51. The van der Waals surface area contributed by atoms with Crippen molar-refractivity contribution in [3.8, 4) is 0 Å². The van der Waals surface area contributed by atoms with Gasteiger partial charge in [-0.05, 0) is 66.6 Å². The van der Waals surface area contributed by atoms with Crippen molar-refractivity contribution in [2.45, 2.75) is 86.5 Å². The van der Waals surface area contributed by atoms with E-state index in [1.54, 1.807) is 19.3 Å². The Labute approximate surface area is 128 Å². The van der Waals surface area contributed by atoms with E-state index in [1.807, 2.05) is 0 Å². The molecule has 2 saturated carbocycles. The Hall–Kier alpha value is 0. The summed E-state index contributed by atoms with van der Waals surface area (Å²) in [5.74, 6) is 5.97. The molecule has 2 aliphatic rings.